The number of carbonyl (C=O) groups is 1. The summed E-state index contributed by atoms with van der Waals surface area (Å²) in [5.74, 6) is -1.63. The summed E-state index contributed by atoms with van der Waals surface area (Å²) in [5.41, 5.74) is -0.119. The van der Waals surface area contributed by atoms with Gasteiger partial charge in [0.25, 0.3) is 0 Å². The number of aromatic nitrogens is 4. The van der Waals surface area contributed by atoms with Crippen molar-refractivity contribution in [1.29, 1.82) is 0 Å². The first-order chi connectivity index (χ1) is 13.8. The van der Waals surface area contributed by atoms with E-state index in [1.807, 2.05) is 0 Å². The lowest BCUT2D eigenvalue weighted by Gasteiger charge is -2.40. The molecule has 3 aromatic heterocycles. The van der Waals surface area contributed by atoms with Crippen molar-refractivity contribution in [2.24, 2.45) is 5.41 Å². The van der Waals surface area contributed by atoms with Gasteiger partial charge in [-0.15, -0.1) is 0 Å². The molecule has 4 N–H and O–H groups in total. The largest absolute Gasteiger partial charge is 0.481 e. The maximum atomic E-state index is 14.4. The first-order valence-corrected chi connectivity index (χ1v) is 9.51. The van der Waals surface area contributed by atoms with E-state index in [4.69, 9.17) is 11.6 Å². The van der Waals surface area contributed by atoms with Gasteiger partial charge in [-0.3, -0.25) is 4.79 Å². The number of carboxylic acids is 1. The molecule has 4 rings (SSSR count). The molecular formula is C19H19ClFN5O3. The number of carboxylic acid groups (broad SMARTS) is 1. The van der Waals surface area contributed by atoms with E-state index in [0.29, 0.717) is 40.9 Å². The lowest BCUT2D eigenvalue weighted by atomic mass is 9.71. The van der Waals surface area contributed by atoms with Crippen LogP contribution in [0.3, 0.4) is 0 Å². The van der Waals surface area contributed by atoms with Crippen LogP contribution in [0.15, 0.2) is 24.7 Å². The van der Waals surface area contributed by atoms with Crippen LogP contribution in [0.4, 0.5) is 10.2 Å². The number of H-pyrrole nitrogens is 1. The Morgan fingerprint density at radius 2 is 2.21 bits per heavy atom. The Morgan fingerprint density at radius 3 is 2.97 bits per heavy atom. The first kappa shape index (κ1) is 19.5. The summed E-state index contributed by atoms with van der Waals surface area (Å²) in [6.45, 7) is 1.50. The van der Waals surface area contributed by atoms with Gasteiger partial charge in [0.1, 0.15) is 5.65 Å². The van der Waals surface area contributed by atoms with E-state index in [9.17, 15) is 19.4 Å². The van der Waals surface area contributed by atoms with Gasteiger partial charge in [0.05, 0.1) is 28.8 Å². The summed E-state index contributed by atoms with van der Waals surface area (Å²) in [5, 5.41) is 24.1. The predicted octanol–water partition coefficient (Wildman–Crippen LogP) is 3.23. The van der Waals surface area contributed by atoms with E-state index >= 15 is 0 Å². The number of aliphatic hydroxyl groups excluding tert-OH is 1. The smallest absolute Gasteiger partial charge is 0.312 e. The van der Waals surface area contributed by atoms with Gasteiger partial charge >= 0.3 is 5.97 Å². The van der Waals surface area contributed by atoms with E-state index in [1.54, 1.807) is 12.3 Å². The number of nitrogens with one attached hydrogen (secondary N) is 2. The normalized spacial score (nSPS) is 24.6. The lowest BCUT2D eigenvalue weighted by molar-refractivity contribution is -0.158. The van der Waals surface area contributed by atoms with E-state index in [1.165, 1.54) is 13.1 Å². The summed E-state index contributed by atoms with van der Waals surface area (Å²) in [6.07, 6.45) is 4.44. The third kappa shape index (κ3) is 3.40. The van der Waals surface area contributed by atoms with Crippen molar-refractivity contribution in [2.75, 3.05) is 5.32 Å². The zero-order valence-electron chi connectivity index (χ0n) is 15.5. The molecule has 0 aliphatic heterocycles. The van der Waals surface area contributed by atoms with Crippen LogP contribution in [-0.2, 0) is 4.79 Å². The van der Waals surface area contributed by atoms with Crippen molar-refractivity contribution in [2.45, 2.75) is 38.3 Å². The first-order valence-electron chi connectivity index (χ1n) is 9.13. The van der Waals surface area contributed by atoms with Gasteiger partial charge in [0, 0.05) is 23.3 Å². The molecule has 29 heavy (non-hydrogen) atoms. The Labute approximate surface area is 170 Å². The second kappa shape index (κ2) is 7.23. The lowest BCUT2D eigenvalue weighted by Crippen LogP contribution is -2.52. The molecule has 1 aliphatic rings. The molecular weight excluding hydrogens is 401 g/mol. The Kier molecular flexibility index (Phi) is 4.87. The Bertz CT molecular complexity index is 1090. The predicted molar refractivity (Wildman–Crippen MR) is 105 cm³/mol. The molecule has 3 unspecified atom stereocenters. The number of pyridine rings is 1. The Balaban J connectivity index is 1.67. The van der Waals surface area contributed by atoms with Crippen LogP contribution in [0.25, 0.3) is 22.4 Å². The van der Waals surface area contributed by atoms with E-state index in [0.717, 1.165) is 6.20 Å². The highest BCUT2D eigenvalue weighted by atomic mass is 35.5. The summed E-state index contributed by atoms with van der Waals surface area (Å²) < 4.78 is 14.4. The van der Waals surface area contributed by atoms with E-state index in [-0.39, 0.29) is 11.6 Å². The zero-order valence-corrected chi connectivity index (χ0v) is 16.2. The van der Waals surface area contributed by atoms with Crippen molar-refractivity contribution in [3.8, 4) is 11.4 Å². The second-order valence-corrected chi connectivity index (χ2v) is 7.89. The van der Waals surface area contributed by atoms with Gasteiger partial charge in [-0.2, -0.15) is 0 Å². The number of aromatic amines is 1. The van der Waals surface area contributed by atoms with Crippen molar-refractivity contribution < 1.29 is 19.4 Å². The molecule has 3 aromatic rings. The number of aliphatic hydroxyl groups is 1. The maximum Gasteiger partial charge on any atom is 0.312 e. The van der Waals surface area contributed by atoms with Crippen LogP contribution in [0, 0.1) is 11.2 Å². The third-order valence-electron chi connectivity index (χ3n) is 5.54. The van der Waals surface area contributed by atoms with Crippen molar-refractivity contribution in [3.05, 3.63) is 35.5 Å². The van der Waals surface area contributed by atoms with Crippen LogP contribution in [0.1, 0.15) is 26.2 Å². The molecule has 0 saturated heterocycles. The van der Waals surface area contributed by atoms with E-state index in [2.05, 4.69) is 25.3 Å². The van der Waals surface area contributed by atoms with Crippen molar-refractivity contribution in [3.63, 3.8) is 0 Å². The Morgan fingerprint density at radius 1 is 1.41 bits per heavy atom. The highest BCUT2D eigenvalue weighted by molar-refractivity contribution is 6.31. The molecule has 8 nitrogen and oxygen atoms in total. The number of aliphatic carboxylic acids is 1. The van der Waals surface area contributed by atoms with Crippen LogP contribution in [0.2, 0.25) is 5.02 Å². The van der Waals surface area contributed by atoms with Crippen molar-refractivity contribution >= 4 is 34.4 Å². The zero-order chi connectivity index (χ0) is 20.8. The number of hydrogen-bond acceptors (Lipinski definition) is 6. The standard InChI is InChI=1S/C19H19ClFN5O3/c1-19(18(28)29)4-2-3-13(14(19)27)25-17-12(21)8-24-16(26-17)11-7-23-15-10(11)5-9(20)6-22-15/h5-8,13-14,27H,2-4H2,1H3,(H,22,23)(H,28,29)(H,24,25,26). The topological polar surface area (TPSA) is 124 Å². The molecule has 0 amide bonds. The monoisotopic (exact) mass is 419 g/mol. The maximum absolute atomic E-state index is 14.4. The number of nitrogens with zero attached hydrogens (tertiary/aromatic N) is 3. The van der Waals surface area contributed by atoms with Gasteiger partial charge in [0.2, 0.25) is 0 Å². The number of hydrogen-bond donors (Lipinski definition) is 4. The third-order valence-corrected chi connectivity index (χ3v) is 5.75. The molecule has 0 spiro atoms. The minimum absolute atomic E-state index is 0.0990. The molecule has 10 heteroatoms. The summed E-state index contributed by atoms with van der Waals surface area (Å²) >= 11 is 6.02. The minimum Gasteiger partial charge on any atom is -0.481 e. The van der Waals surface area contributed by atoms with Gasteiger partial charge in [-0.1, -0.05) is 18.0 Å². The van der Waals surface area contributed by atoms with Crippen LogP contribution in [0.5, 0.6) is 0 Å². The molecule has 3 heterocycles. The fourth-order valence-electron chi connectivity index (χ4n) is 3.76. The highest BCUT2D eigenvalue weighted by Gasteiger charge is 2.47. The van der Waals surface area contributed by atoms with Crippen molar-refractivity contribution in [1.82, 2.24) is 19.9 Å². The summed E-state index contributed by atoms with van der Waals surface area (Å²) in [4.78, 5) is 27.1. The fourth-order valence-corrected chi connectivity index (χ4v) is 3.92. The molecule has 1 saturated carbocycles. The quantitative estimate of drug-likeness (QED) is 0.511. The molecule has 0 aromatic carbocycles. The molecule has 152 valence electrons. The Hall–Kier alpha value is -2.78. The average molecular weight is 420 g/mol. The summed E-state index contributed by atoms with van der Waals surface area (Å²) in [6, 6.07) is 1.06. The molecule has 0 radical (unpaired) electrons. The number of fused-ring (bicyclic) bond motifs is 1. The minimum atomic E-state index is -1.30. The number of halogens is 2. The number of rotatable bonds is 4. The van der Waals surface area contributed by atoms with Gasteiger partial charge in [-0.05, 0) is 25.8 Å². The number of anilines is 1. The van der Waals surface area contributed by atoms with Crippen LogP contribution < -0.4 is 5.32 Å². The molecule has 1 aliphatic carbocycles. The van der Waals surface area contributed by atoms with Crippen LogP contribution in [-0.4, -0.2) is 48.3 Å². The fraction of sp³-hybridized carbons (Fsp3) is 0.368. The average Bonchev–Trinajstić information content (AvgIpc) is 3.10. The molecule has 3 atom stereocenters. The van der Waals surface area contributed by atoms with Gasteiger partial charge in [0.15, 0.2) is 17.5 Å². The van der Waals surface area contributed by atoms with E-state index < -0.39 is 29.3 Å². The highest BCUT2D eigenvalue weighted by Crippen LogP contribution is 2.38. The van der Waals surface area contributed by atoms with Gasteiger partial charge < -0.3 is 20.5 Å². The SMILES string of the molecule is CC1(C(=O)O)CCCC(Nc2nc(-c3c[nH]c4ncc(Cl)cc34)ncc2F)C1O. The molecule has 0 bridgehead atoms. The molecule has 1 fully saturated rings. The van der Waals surface area contributed by atoms with Gasteiger partial charge in [-0.25, -0.2) is 19.3 Å². The summed E-state index contributed by atoms with van der Waals surface area (Å²) in [7, 11) is 0. The second-order valence-electron chi connectivity index (χ2n) is 7.45. The van der Waals surface area contributed by atoms with Crippen LogP contribution >= 0.6 is 11.6 Å².